The first-order chi connectivity index (χ1) is 9.36. The van der Waals surface area contributed by atoms with Crippen molar-refractivity contribution in [2.45, 2.75) is 16.8 Å². The zero-order valence-corrected chi connectivity index (χ0v) is 12.1. The number of hydrogen-bond acceptors (Lipinski definition) is 5. The Balaban J connectivity index is 2.03. The van der Waals surface area contributed by atoms with Gasteiger partial charge in [0.25, 0.3) is 0 Å². The van der Waals surface area contributed by atoms with Crippen LogP contribution in [0.4, 0.5) is 5.95 Å². The molecule has 5 heteroatoms. The Morgan fingerprint density at radius 3 is 2.79 bits per heavy atom. The molecule has 0 unspecified atom stereocenters. The minimum absolute atomic E-state index is 0.705. The number of benzene rings is 1. The quantitative estimate of drug-likeness (QED) is 0.727. The lowest BCUT2D eigenvalue weighted by atomic mass is 10.4. The largest absolute Gasteiger partial charge is 0.354 e. The lowest BCUT2D eigenvalue weighted by molar-refractivity contribution is 1.06. The molecule has 1 N–H and O–H groups in total. The van der Waals surface area contributed by atoms with Crippen molar-refractivity contribution in [3.05, 3.63) is 41.8 Å². The van der Waals surface area contributed by atoms with Gasteiger partial charge in [-0.15, -0.1) is 11.3 Å². The van der Waals surface area contributed by atoms with Gasteiger partial charge in [-0.25, -0.2) is 9.97 Å². The van der Waals surface area contributed by atoms with Gasteiger partial charge in [-0.1, -0.05) is 30.0 Å². The third-order valence-corrected chi connectivity index (χ3v) is 4.40. The molecule has 0 radical (unpaired) electrons. The smallest absolute Gasteiger partial charge is 0.225 e. The van der Waals surface area contributed by atoms with E-state index in [2.05, 4.69) is 38.9 Å². The Hall–Kier alpha value is -1.59. The highest BCUT2D eigenvalue weighted by Crippen LogP contribution is 2.34. The summed E-state index contributed by atoms with van der Waals surface area (Å²) in [5.74, 6) is 0.705. The molecule has 0 amide bonds. The third-order valence-electron chi connectivity index (χ3n) is 2.58. The lowest BCUT2D eigenvalue weighted by Gasteiger charge is -2.06. The van der Waals surface area contributed by atoms with E-state index >= 15 is 0 Å². The second-order valence-corrected chi connectivity index (χ2v) is 5.89. The van der Waals surface area contributed by atoms with Crippen molar-refractivity contribution in [2.75, 3.05) is 11.9 Å². The van der Waals surface area contributed by atoms with Gasteiger partial charge in [-0.2, -0.15) is 0 Å². The van der Waals surface area contributed by atoms with E-state index in [1.165, 1.54) is 4.90 Å². The van der Waals surface area contributed by atoms with Crippen molar-refractivity contribution in [3.8, 4) is 0 Å². The first-order valence-electron chi connectivity index (χ1n) is 6.09. The van der Waals surface area contributed by atoms with Crippen LogP contribution in [0, 0.1) is 0 Å². The van der Waals surface area contributed by atoms with Gasteiger partial charge in [-0.05, 0) is 30.5 Å². The average molecular weight is 287 g/mol. The summed E-state index contributed by atoms with van der Waals surface area (Å²) in [6.45, 7) is 2.87. The summed E-state index contributed by atoms with van der Waals surface area (Å²) in [4.78, 5) is 11.3. The first-order valence-corrected chi connectivity index (χ1v) is 7.78. The summed E-state index contributed by atoms with van der Waals surface area (Å²) >= 11 is 3.32. The molecule has 1 aromatic carbocycles. The van der Waals surface area contributed by atoms with Crippen LogP contribution in [0.5, 0.6) is 0 Å². The minimum atomic E-state index is 0.705. The van der Waals surface area contributed by atoms with E-state index in [4.69, 9.17) is 0 Å². The Labute approximate surface area is 120 Å². The van der Waals surface area contributed by atoms with Gasteiger partial charge in [-0.3, -0.25) is 0 Å². The molecule has 19 heavy (non-hydrogen) atoms. The molecule has 0 saturated heterocycles. The van der Waals surface area contributed by atoms with E-state index in [0.717, 1.165) is 21.8 Å². The summed E-state index contributed by atoms with van der Waals surface area (Å²) < 4.78 is 0. The Bertz CT molecular complexity index is 679. The number of nitrogens with zero attached hydrogens (tertiary/aromatic N) is 2. The van der Waals surface area contributed by atoms with Crippen LogP contribution in [-0.4, -0.2) is 16.5 Å². The number of rotatable bonds is 4. The molecular weight excluding hydrogens is 274 g/mol. The molecule has 0 spiro atoms. The summed E-state index contributed by atoms with van der Waals surface area (Å²) in [7, 11) is 0. The second-order valence-electron chi connectivity index (χ2n) is 3.94. The van der Waals surface area contributed by atoms with Gasteiger partial charge in [0.2, 0.25) is 5.95 Å². The molecule has 2 aromatic heterocycles. The van der Waals surface area contributed by atoms with Crippen LogP contribution in [0.25, 0.3) is 10.2 Å². The molecule has 2 heterocycles. The van der Waals surface area contributed by atoms with Gasteiger partial charge in [0.15, 0.2) is 0 Å². The third kappa shape index (κ3) is 2.72. The number of nitrogens with one attached hydrogen (secondary N) is 1. The molecule has 3 aromatic rings. The average Bonchev–Trinajstić information content (AvgIpc) is 2.89. The fourth-order valence-electron chi connectivity index (χ4n) is 1.74. The zero-order chi connectivity index (χ0) is 13.1. The minimum Gasteiger partial charge on any atom is -0.354 e. The maximum absolute atomic E-state index is 4.61. The van der Waals surface area contributed by atoms with Crippen LogP contribution < -0.4 is 5.32 Å². The number of fused-ring (bicyclic) bond motifs is 1. The van der Waals surface area contributed by atoms with Gasteiger partial charge in [0, 0.05) is 16.8 Å². The van der Waals surface area contributed by atoms with Crippen LogP contribution >= 0.6 is 23.1 Å². The summed E-state index contributed by atoms with van der Waals surface area (Å²) in [5.41, 5.74) is 0. The molecule has 3 nitrogen and oxygen atoms in total. The van der Waals surface area contributed by atoms with Crippen LogP contribution in [0.15, 0.2) is 51.7 Å². The van der Waals surface area contributed by atoms with Crippen molar-refractivity contribution >= 4 is 39.3 Å². The molecule has 0 aliphatic rings. The zero-order valence-electron chi connectivity index (χ0n) is 10.5. The highest BCUT2D eigenvalue weighted by Gasteiger charge is 2.09. The fourth-order valence-corrected chi connectivity index (χ4v) is 3.50. The van der Waals surface area contributed by atoms with Gasteiger partial charge >= 0.3 is 0 Å². The highest BCUT2D eigenvalue weighted by molar-refractivity contribution is 7.99. The van der Waals surface area contributed by atoms with E-state index in [9.17, 15) is 0 Å². The summed E-state index contributed by atoms with van der Waals surface area (Å²) in [6, 6.07) is 12.4. The van der Waals surface area contributed by atoms with E-state index in [1.54, 1.807) is 23.1 Å². The standard InChI is InChI=1S/C14H13N3S2/c1-2-15-14-16-12-11(8-9-18-12)13(17-14)19-10-6-4-3-5-7-10/h3-9H,2H2,1H3,(H,15,16,17). The maximum Gasteiger partial charge on any atom is 0.225 e. The summed E-state index contributed by atoms with van der Waals surface area (Å²) in [5, 5.41) is 7.38. The van der Waals surface area contributed by atoms with Crippen LogP contribution in [-0.2, 0) is 0 Å². The lowest BCUT2D eigenvalue weighted by Crippen LogP contribution is -2.02. The number of anilines is 1. The van der Waals surface area contributed by atoms with E-state index in [-0.39, 0.29) is 0 Å². The van der Waals surface area contributed by atoms with Gasteiger partial charge < -0.3 is 5.32 Å². The molecule has 0 aliphatic carbocycles. The van der Waals surface area contributed by atoms with Gasteiger partial charge in [0.05, 0.1) is 0 Å². The molecule has 3 rings (SSSR count). The van der Waals surface area contributed by atoms with Crippen molar-refractivity contribution in [1.82, 2.24) is 9.97 Å². The Kier molecular flexibility index (Phi) is 3.66. The molecule has 0 atom stereocenters. The van der Waals surface area contributed by atoms with Crippen molar-refractivity contribution in [2.24, 2.45) is 0 Å². The summed E-state index contributed by atoms with van der Waals surface area (Å²) in [6.07, 6.45) is 0. The molecule has 96 valence electrons. The Morgan fingerprint density at radius 2 is 2.00 bits per heavy atom. The molecule has 0 saturated carbocycles. The Morgan fingerprint density at radius 1 is 1.16 bits per heavy atom. The molecule has 0 fully saturated rings. The van der Waals surface area contributed by atoms with E-state index in [1.807, 2.05) is 25.1 Å². The monoisotopic (exact) mass is 287 g/mol. The highest BCUT2D eigenvalue weighted by atomic mass is 32.2. The SMILES string of the molecule is CCNc1nc(Sc2ccccc2)c2ccsc2n1. The van der Waals surface area contributed by atoms with Crippen LogP contribution in [0.2, 0.25) is 0 Å². The fraction of sp³-hybridized carbons (Fsp3) is 0.143. The molecule has 0 bridgehead atoms. The second kappa shape index (κ2) is 5.59. The van der Waals surface area contributed by atoms with E-state index < -0.39 is 0 Å². The van der Waals surface area contributed by atoms with Crippen molar-refractivity contribution < 1.29 is 0 Å². The predicted molar refractivity (Wildman–Crippen MR) is 82.1 cm³/mol. The first kappa shape index (κ1) is 12.4. The van der Waals surface area contributed by atoms with Crippen LogP contribution in [0.3, 0.4) is 0 Å². The van der Waals surface area contributed by atoms with E-state index in [0.29, 0.717) is 5.95 Å². The normalized spacial score (nSPS) is 10.8. The number of hydrogen-bond donors (Lipinski definition) is 1. The van der Waals surface area contributed by atoms with Crippen molar-refractivity contribution in [3.63, 3.8) is 0 Å². The van der Waals surface area contributed by atoms with Crippen LogP contribution in [0.1, 0.15) is 6.92 Å². The number of aromatic nitrogens is 2. The number of thiophene rings is 1. The predicted octanol–water partition coefficient (Wildman–Crippen LogP) is 4.27. The van der Waals surface area contributed by atoms with Gasteiger partial charge in [0.1, 0.15) is 9.86 Å². The molecule has 0 aliphatic heterocycles. The topological polar surface area (TPSA) is 37.8 Å². The molecular formula is C14H13N3S2. The maximum atomic E-state index is 4.61. The van der Waals surface area contributed by atoms with Crippen molar-refractivity contribution in [1.29, 1.82) is 0 Å².